The normalized spacial score (nSPS) is 9.68. The summed E-state index contributed by atoms with van der Waals surface area (Å²) >= 11 is 4.98. The van der Waals surface area contributed by atoms with Crippen LogP contribution in [0.25, 0.3) is 11.4 Å². The third-order valence-corrected chi connectivity index (χ3v) is 2.92. The van der Waals surface area contributed by atoms with Crippen LogP contribution in [0.5, 0.6) is 0 Å². The zero-order chi connectivity index (χ0) is 15.9. The predicted octanol–water partition coefficient (Wildman–Crippen LogP) is 1.11. The van der Waals surface area contributed by atoms with Crippen LogP contribution < -0.4 is 0 Å². The first-order valence-electron chi connectivity index (χ1n) is 5.98. The standard InChI is InChI=1S/C7H7N5S.C5H4N2O2/c1-12-6(10-11-7(12)13)5-2-3-8-9-4-5;8-5(9)4-1-2-6-7-3-4/h2-4H,1H3,(H,11,13);1-3H,(H,8,9). The topological polar surface area (TPSA) is 122 Å². The maximum atomic E-state index is 10.1. The van der Waals surface area contributed by atoms with Crippen LogP contribution in [0.4, 0.5) is 0 Å². The first-order chi connectivity index (χ1) is 10.6. The largest absolute Gasteiger partial charge is 0.478 e. The molecule has 22 heavy (non-hydrogen) atoms. The van der Waals surface area contributed by atoms with E-state index < -0.39 is 5.97 Å². The first kappa shape index (κ1) is 15.4. The Bertz CT molecular complexity index is 801. The van der Waals surface area contributed by atoms with Gasteiger partial charge in [0.15, 0.2) is 10.6 Å². The summed E-state index contributed by atoms with van der Waals surface area (Å²) in [7, 11) is 1.85. The minimum Gasteiger partial charge on any atom is -0.478 e. The van der Waals surface area contributed by atoms with E-state index in [0.717, 1.165) is 11.4 Å². The fourth-order valence-corrected chi connectivity index (χ4v) is 1.58. The Balaban J connectivity index is 0.000000172. The molecular formula is C12H11N7O2S. The zero-order valence-corrected chi connectivity index (χ0v) is 12.2. The Hall–Kier alpha value is -3.01. The van der Waals surface area contributed by atoms with E-state index in [1.165, 1.54) is 18.5 Å². The van der Waals surface area contributed by atoms with E-state index in [-0.39, 0.29) is 5.56 Å². The van der Waals surface area contributed by atoms with Crippen LogP contribution in [0.2, 0.25) is 0 Å². The van der Waals surface area contributed by atoms with Crippen molar-refractivity contribution in [1.82, 2.24) is 35.2 Å². The van der Waals surface area contributed by atoms with Crippen molar-refractivity contribution in [3.05, 3.63) is 47.3 Å². The number of carboxylic acid groups (broad SMARTS) is 1. The minimum atomic E-state index is -0.982. The van der Waals surface area contributed by atoms with Crippen molar-refractivity contribution < 1.29 is 9.90 Å². The highest BCUT2D eigenvalue weighted by atomic mass is 32.1. The van der Waals surface area contributed by atoms with Crippen molar-refractivity contribution in [2.24, 2.45) is 7.05 Å². The number of H-pyrrole nitrogens is 1. The molecule has 0 radical (unpaired) electrons. The molecule has 0 saturated heterocycles. The summed E-state index contributed by atoms with van der Waals surface area (Å²) in [5, 5.41) is 29.3. The number of nitrogens with zero attached hydrogens (tertiary/aromatic N) is 6. The molecule has 3 aromatic rings. The lowest BCUT2D eigenvalue weighted by Crippen LogP contribution is -1.96. The molecule has 0 saturated carbocycles. The van der Waals surface area contributed by atoms with Crippen molar-refractivity contribution in [3.8, 4) is 11.4 Å². The molecule has 2 N–H and O–H groups in total. The van der Waals surface area contributed by atoms with E-state index >= 15 is 0 Å². The number of hydrogen-bond donors (Lipinski definition) is 2. The Kier molecular flexibility index (Phi) is 4.98. The van der Waals surface area contributed by atoms with Gasteiger partial charge in [0.1, 0.15) is 0 Å². The summed E-state index contributed by atoms with van der Waals surface area (Å²) in [6.45, 7) is 0. The highest BCUT2D eigenvalue weighted by Gasteiger charge is 2.04. The molecule has 3 heterocycles. The SMILES string of the molecule is Cn1c(-c2ccnnc2)n[nH]c1=S.O=C(O)c1ccnnc1. The van der Waals surface area contributed by atoms with Gasteiger partial charge < -0.3 is 9.67 Å². The molecule has 0 spiro atoms. The van der Waals surface area contributed by atoms with Gasteiger partial charge in [-0.2, -0.15) is 25.5 Å². The lowest BCUT2D eigenvalue weighted by molar-refractivity contribution is 0.0696. The van der Waals surface area contributed by atoms with Crippen LogP contribution in [0.3, 0.4) is 0 Å². The van der Waals surface area contributed by atoms with Gasteiger partial charge in [-0.1, -0.05) is 0 Å². The molecule has 0 amide bonds. The number of hydrogen-bond acceptors (Lipinski definition) is 7. The first-order valence-corrected chi connectivity index (χ1v) is 6.39. The van der Waals surface area contributed by atoms with Crippen molar-refractivity contribution >= 4 is 18.2 Å². The van der Waals surface area contributed by atoms with Gasteiger partial charge in [0.2, 0.25) is 0 Å². The number of aromatic nitrogens is 7. The molecule has 10 heteroatoms. The summed E-state index contributed by atoms with van der Waals surface area (Å²) < 4.78 is 2.37. The quantitative estimate of drug-likeness (QED) is 0.674. The average molecular weight is 317 g/mol. The zero-order valence-electron chi connectivity index (χ0n) is 11.4. The van der Waals surface area contributed by atoms with Gasteiger partial charge >= 0.3 is 5.97 Å². The molecule has 112 valence electrons. The third kappa shape index (κ3) is 3.76. The van der Waals surface area contributed by atoms with Crippen molar-refractivity contribution in [1.29, 1.82) is 0 Å². The van der Waals surface area contributed by atoms with Gasteiger partial charge in [-0.15, -0.1) is 0 Å². The van der Waals surface area contributed by atoms with E-state index in [1.54, 1.807) is 17.0 Å². The van der Waals surface area contributed by atoms with E-state index in [9.17, 15) is 4.79 Å². The average Bonchev–Trinajstić information content (AvgIpc) is 2.89. The number of aromatic amines is 1. The van der Waals surface area contributed by atoms with Gasteiger partial charge in [0, 0.05) is 12.6 Å². The number of carboxylic acids is 1. The number of nitrogens with one attached hydrogen (secondary N) is 1. The fraction of sp³-hybridized carbons (Fsp3) is 0.0833. The minimum absolute atomic E-state index is 0.157. The fourth-order valence-electron chi connectivity index (χ4n) is 1.45. The van der Waals surface area contributed by atoms with Gasteiger partial charge in [0.05, 0.1) is 30.4 Å². The lowest BCUT2D eigenvalue weighted by Gasteiger charge is -1.97. The van der Waals surface area contributed by atoms with E-state index in [2.05, 4.69) is 30.6 Å². The molecular weight excluding hydrogens is 306 g/mol. The Labute approximate surface area is 129 Å². The molecule has 0 bridgehead atoms. The van der Waals surface area contributed by atoms with Gasteiger partial charge in [-0.25, -0.2) is 4.79 Å². The van der Waals surface area contributed by atoms with Crippen LogP contribution >= 0.6 is 12.2 Å². The Morgan fingerprint density at radius 1 is 1.18 bits per heavy atom. The third-order valence-electron chi connectivity index (χ3n) is 2.55. The van der Waals surface area contributed by atoms with Gasteiger partial charge in [0.25, 0.3) is 0 Å². The lowest BCUT2D eigenvalue weighted by atomic mass is 10.3. The summed E-state index contributed by atoms with van der Waals surface area (Å²) in [6, 6.07) is 3.22. The van der Waals surface area contributed by atoms with Crippen LogP contribution in [-0.4, -0.2) is 46.2 Å². The molecule has 0 atom stereocenters. The molecule has 0 aliphatic carbocycles. The van der Waals surface area contributed by atoms with Crippen molar-refractivity contribution in [2.75, 3.05) is 0 Å². The molecule has 3 aromatic heterocycles. The van der Waals surface area contributed by atoms with Crippen molar-refractivity contribution in [2.45, 2.75) is 0 Å². The maximum Gasteiger partial charge on any atom is 0.337 e. The summed E-state index contributed by atoms with van der Waals surface area (Å²) in [4.78, 5) is 10.1. The second kappa shape index (κ2) is 7.13. The predicted molar refractivity (Wildman–Crippen MR) is 78.4 cm³/mol. The molecule has 0 unspecified atom stereocenters. The second-order valence-electron chi connectivity index (χ2n) is 3.98. The van der Waals surface area contributed by atoms with E-state index in [0.29, 0.717) is 4.77 Å². The summed E-state index contributed by atoms with van der Waals surface area (Å²) in [6.07, 6.45) is 5.80. The summed E-state index contributed by atoms with van der Waals surface area (Å²) in [5.41, 5.74) is 1.05. The smallest absolute Gasteiger partial charge is 0.337 e. The molecule has 9 nitrogen and oxygen atoms in total. The monoisotopic (exact) mass is 317 g/mol. The molecule has 0 fully saturated rings. The van der Waals surface area contributed by atoms with Crippen LogP contribution in [0, 0.1) is 4.77 Å². The van der Waals surface area contributed by atoms with Gasteiger partial charge in [-0.05, 0) is 24.4 Å². The maximum absolute atomic E-state index is 10.1. The number of rotatable bonds is 2. The second-order valence-corrected chi connectivity index (χ2v) is 4.37. The highest BCUT2D eigenvalue weighted by Crippen LogP contribution is 2.12. The summed E-state index contributed by atoms with van der Waals surface area (Å²) in [5.74, 6) is -0.218. The molecule has 0 aliphatic heterocycles. The number of carbonyl (C=O) groups is 1. The molecule has 0 aromatic carbocycles. The van der Waals surface area contributed by atoms with E-state index in [4.69, 9.17) is 17.3 Å². The molecule has 0 aliphatic rings. The van der Waals surface area contributed by atoms with Crippen LogP contribution in [0.15, 0.2) is 36.9 Å². The van der Waals surface area contributed by atoms with Crippen LogP contribution in [-0.2, 0) is 7.05 Å². The Morgan fingerprint density at radius 3 is 2.27 bits per heavy atom. The molecule has 3 rings (SSSR count). The van der Waals surface area contributed by atoms with Crippen LogP contribution in [0.1, 0.15) is 10.4 Å². The van der Waals surface area contributed by atoms with E-state index in [1.807, 2.05) is 13.1 Å². The van der Waals surface area contributed by atoms with Crippen molar-refractivity contribution in [3.63, 3.8) is 0 Å². The number of aromatic carboxylic acids is 1. The van der Waals surface area contributed by atoms with Gasteiger partial charge in [-0.3, -0.25) is 5.10 Å². The Morgan fingerprint density at radius 2 is 1.86 bits per heavy atom. The highest BCUT2D eigenvalue weighted by molar-refractivity contribution is 7.71.